The Morgan fingerprint density at radius 2 is 2.09 bits per heavy atom. The van der Waals surface area contributed by atoms with Crippen molar-refractivity contribution in [3.8, 4) is 0 Å². The fraction of sp³-hybridized carbons (Fsp3) is 0.842. The number of carbonyl (C=O) groups is 1. The number of allylic oxidation sites excluding steroid dienone is 1. The summed E-state index contributed by atoms with van der Waals surface area (Å²) in [6, 6.07) is 0. The van der Waals surface area contributed by atoms with Crippen LogP contribution in [0.3, 0.4) is 0 Å². The minimum Gasteiger partial charge on any atom is -0.461 e. The predicted molar refractivity (Wildman–Crippen MR) is 86.4 cm³/mol. The van der Waals surface area contributed by atoms with Gasteiger partial charge < -0.3 is 9.64 Å². The summed E-state index contributed by atoms with van der Waals surface area (Å²) in [6.07, 6.45) is 10.1. The lowest BCUT2D eigenvalue weighted by Crippen LogP contribution is -2.40. The van der Waals surface area contributed by atoms with E-state index in [1.807, 2.05) is 0 Å². The van der Waals surface area contributed by atoms with Gasteiger partial charge in [-0.2, -0.15) is 0 Å². The Balaban J connectivity index is 1.59. The largest absolute Gasteiger partial charge is 0.461 e. The van der Waals surface area contributed by atoms with Crippen molar-refractivity contribution in [1.82, 2.24) is 4.90 Å². The van der Waals surface area contributed by atoms with E-state index in [4.69, 9.17) is 4.74 Å². The van der Waals surface area contributed by atoms with Crippen molar-refractivity contribution < 1.29 is 9.53 Å². The van der Waals surface area contributed by atoms with Gasteiger partial charge in [0.05, 0.1) is 5.92 Å². The Morgan fingerprint density at radius 1 is 1.32 bits per heavy atom. The van der Waals surface area contributed by atoms with Crippen LogP contribution in [0.2, 0.25) is 0 Å². The highest BCUT2D eigenvalue weighted by molar-refractivity contribution is 5.76. The summed E-state index contributed by atoms with van der Waals surface area (Å²) in [5.74, 6) is 1.16. The molecule has 0 radical (unpaired) electrons. The molecule has 0 N–H and O–H groups in total. The highest BCUT2D eigenvalue weighted by Crippen LogP contribution is 2.54. The molecule has 2 heterocycles. The molecule has 0 spiro atoms. The van der Waals surface area contributed by atoms with Gasteiger partial charge >= 0.3 is 5.97 Å². The smallest absolute Gasteiger partial charge is 0.311 e. The van der Waals surface area contributed by atoms with Crippen molar-refractivity contribution in [1.29, 1.82) is 0 Å². The molecule has 0 aromatic rings. The standard InChI is InChI=1S/C19H29NO2/c1-13-6-5-7-19(2)11-17-14(10-16(13)19)15(18(21)22-17)12-20-8-3-4-9-20/h10,13-15,17H,3-9,11-12H2,1-2H3/t13-,14+,15-,17+,19+/m0/s1. The number of esters is 1. The third kappa shape index (κ3) is 2.33. The summed E-state index contributed by atoms with van der Waals surface area (Å²) in [5, 5.41) is 0. The van der Waals surface area contributed by atoms with Crippen LogP contribution in [-0.2, 0) is 9.53 Å². The molecule has 2 aliphatic carbocycles. The van der Waals surface area contributed by atoms with E-state index in [1.54, 1.807) is 5.57 Å². The molecule has 5 atom stereocenters. The average Bonchev–Trinajstić information content (AvgIpc) is 3.06. The van der Waals surface area contributed by atoms with E-state index in [0.717, 1.165) is 26.1 Å². The molecule has 0 amide bonds. The summed E-state index contributed by atoms with van der Waals surface area (Å²) >= 11 is 0. The van der Waals surface area contributed by atoms with E-state index in [9.17, 15) is 4.79 Å². The Kier molecular flexibility index (Phi) is 3.60. The number of hydrogen-bond acceptors (Lipinski definition) is 3. The quantitative estimate of drug-likeness (QED) is 0.578. The molecule has 3 heteroatoms. The molecule has 3 fully saturated rings. The van der Waals surface area contributed by atoms with Crippen molar-refractivity contribution in [2.45, 2.75) is 58.5 Å². The van der Waals surface area contributed by atoms with Gasteiger partial charge in [0.1, 0.15) is 6.10 Å². The number of hydrogen-bond donors (Lipinski definition) is 0. The first-order chi connectivity index (χ1) is 10.6. The zero-order chi connectivity index (χ0) is 15.3. The Hall–Kier alpha value is -0.830. The highest BCUT2D eigenvalue weighted by atomic mass is 16.6. The maximum atomic E-state index is 12.4. The molecular formula is C19H29NO2. The molecule has 2 saturated heterocycles. The van der Waals surface area contributed by atoms with Crippen LogP contribution in [-0.4, -0.2) is 36.6 Å². The van der Waals surface area contributed by atoms with Gasteiger partial charge in [-0.1, -0.05) is 31.9 Å². The Labute approximate surface area is 134 Å². The number of fused-ring (bicyclic) bond motifs is 2. The summed E-state index contributed by atoms with van der Waals surface area (Å²) in [5.41, 5.74) is 1.91. The van der Waals surface area contributed by atoms with Crippen molar-refractivity contribution in [2.75, 3.05) is 19.6 Å². The first kappa shape index (κ1) is 14.7. The zero-order valence-electron chi connectivity index (χ0n) is 14.0. The van der Waals surface area contributed by atoms with Gasteiger partial charge in [-0.25, -0.2) is 0 Å². The molecule has 1 saturated carbocycles. The predicted octanol–water partition coefficient (Wildman–Crippen LogP) is 3.40. The SMILES string of the molecule is C[C@H]1CCC[C@]2(C)C[C@H]3OC(=O)[C@@H](CN4CCCC4)[C@H]3C=C12. The van der Waals surface area contributed by atoms with Crippen molar-refractivity contribution in [2.24, 2.45) is 23.2 Å². The van der Waals surface area contributed by atoms with E-state index in [-0.39, 0.29) is 23.4 Å². The lowest BCUT2D eigenvalue weighted by molar-refractivity contribution is -0.145. The minimum absolute atomic E-state index is 0.0636. The van der Waals surface area contributed by atoms with Crippen LogP contribution in [0.15, 0.2) is 11.6 Å². The summed E-state index contributed by atoms with van der Waals surface area (Å²) in [6.45, 7) is 8.00. The molecular weight excluding hydrogens is 274 g/mol. The zero-order valence-corrected chi connectivity index (χ0v) is 14.0. The number of ether oxygens (including phenoxy) is 1. The van der Waals surface area contributed by atoms with Crippen molar-refractivity contribution in [3.05, 3.63) is 11.6 Å². The van der Waals surface area contributed by atoms with E-state index in [1.165, 1.54) is 32.1 Å². The topological polar surface area (TPSA) is 29.5 Å². The number of rotatable bonds is 2. The average molecular weight is 303 g/mol. The molecule has 22 heavy (non-hydrogen) atoms. The third-order valence-electron chi connectivity index (χ3n) is 6.74. The number of nitrogens with zero attached hydrogens (tertiary/aromatic N) is 1. The lowest BCUT2D eigenvalue weighted by atomic mass is 9.59. The molecule has 0 aromatic carbocycles. The second kappa shape index (κ2) is 5.36. The Morgan fingerprint density at radius 3 is 2.86 bits per heavy atom. The second-order valence-corrected chi connectivity index (χ2v) is 8.35. The van der Waals surface area contributed by atoms with E-state index in [0.29, 0.717) is 11.8 Å². The van der Waals surface area contributed by atoms with Gasteiger partial charge in [0.25, 0.3) is 0 Å². The first-order valence-electron chi connectivity index (χ1n) is 9.22. The van der Waals surface area contributed by atoms with Crippen LogP contribution in [0, 0.1) is 23.2 Å². The van der Waals surface area contributed by atoms with Crippen molar-refractivity contribution in [3.63, 3.8) is 0 Å². The number of carbonyl (C=O) groups excluding carboxylic acids is 1. The van der Waals surface area contributed by atoms with Crippen LogP contribution in [0.25, 0.3) is 0 Å². The maximum Gasteiger partial charge on any atom is 0.311 e. The molecule has 4 rings (SSSR count). The Bertz CT molecular complexity index is 494. The van der Waals surface area contributed by atoms with Gasteiger partial charge in [-0.3, -0.25) is 4.79 Å². The van der Waals surface area contributed by atoms with Gasteiger partial charge in [0.15, 0.2) is 0 Å². The molecule has 2 aliphatic heterocycles. The van der Waals surface area contributed by atoms with E-state index in [2.05, 4.69) is 24.8 Å². The highest BCUT2D eigenvalue weighted by Gasteiger charge is 2.51. The summed E-state index contributed by atoms with van der Waals surface area (Å²) in [7, 11) is 0. The summed E-state index contributed by atoms with van der Waals surface area (Å²) < 4.78 is 5.83. The fourth-order valence-electron chi connectivity index (χ4n) is 5.50. The fourth-order valence-corrected chi connectivity index (χ4v) is 5.50. The molecule has 0 unspecified atom stereocenters. The van der Waals surface area contributed by atoms with Crippen LogP contribution < -0.4 is 0 Å². The molecule has 0 bridgehead atoms. The van der Waals surface area contributed by atoms with Crippen LogP contribution in [0.1, 0.15) is 52.4 Å². The van der Waals surface area contributed by atoms with Gasteiger partial charge in [-0.05, 0) is 56.5 Å². The third-order valence-corrected chi connectivity index (χ3v) is 6.74. The van der Waals surface area contributed by atoms with E-state index >= 15 is 0 Å². The van der Waals surface area contributed by atoms with E-state index < -0.39 is 0 Å². The second-order valence-electron chi connectivity index (χ2n) is 8.35. The van der Waals surface area contributed by atoms with Gasteiger partial charge in [0, 0.05) is 12.5 Å². The molecule has 0 aromatic heterocycles. The lowest BCUT2D eigenvalue weighted by Gasteiger charge is -2.46. The molecule has 3 nitrogen and oxygen atoms in total. The monoisotopic (exact) mass is 303 g/mol. The summed E-state index contributed by atoms with van der Waals surface area (Å²) in [4.78, 5) is 14.9. The van der Waals surface area contributed by atoms with Crippen LogP contribution in [0.5, 0.6) is 0 Å². The minimum atomic E-state index is 0.0636. The van der Waals surface area contributed by atoms with Crippen molar-refractivity contribution >= 4 is 5.97 Å². The first-order valence-corrected chi connectivity index (χ1v) is 9.22. The van der Waals surface area contributed by atoms with Gasteiger partial charge in [0.2, 0.25) is 0 Å². The maximum absolute atomic E-state index is 12.4. The van der Waals surface area contributed by atoms with Crippen LogP contribution >= 0.6 is 0 Å². The van der Waals surface area contributed by atoms with Gasteiger partial charge in [-0.15, -0.1) is 0 Å². The molecule has 4 aliphatic rings. The number of likely N-dealkylation sites (tertiary alicyclic amines) is 1. The molecule has 122 valence electrons. The van der Waals surface area contributed by atoms with Crippen LogP contribution in [0.4, 0.5) is 0 Å². The normalized spacial score (nSPS) is 45.2.